The topological polar surface area (TPSA) is 33.3 Å². The smallest absolute Gasteiger partial charge is 0.170 e. The number of methoxy groups -OCH3 is 1. The fourth-order valence-corrected chi connectivity index (χ4v) is 1.69. The summed E-state index contributed by atoms with van der Waals surface area (Å²) in [7, 11) is 1.65. The van der Waals surface area contributed by atoms with Crippen molar-refractivity contribution in [2.75, 3.05) is 25.6 Å². The molecule has 0 radical (unpaired) electrons. The van der Waals surface area contributed by atoms with Gasteiger partial charge in [-0.25, -0.2) is 0 Å². The van der Waals surface area contributed by atoms with Gasteiger partial charge in [0.05, 0.1) is 17.3 Å². The molecule has 0 heterocycles. The third-order valence-electron chi connectivity index (χ3n) is 2.05. The van der Waals surface area contributed by atoms with E-state index in [-0.39, 0.29) is 0 Å². The number of rotatable bonds is 4. The Hall–Kier alpha value is -0.840. The van der Waals surface area contributed by atoms with Gasteiger partial charge in [0.1, 0.15) is 0 Å². The van der Waals surface area contributed by atoms with Gasteiger partial charge in [0.25, 0.3) is 0 Å². The second-order valence-electron chi connectivity index (χ2n) is 3.31. The largest absolute Gasteiger partial charge is 0.383 e. The number of para-hydroxylation sites is 1. The molecule has 0 amide bonds. The fourth-order valence-electron chi connectivity index (χ4n) is 1.21. The molecular weight excluding hydrogens is 244 g/mol. The molecule has 0 spiro atoms. The van der Waals surface area contributed by atoms with Crippen molar-refractivity contribution in [3.63, 3.8) is 0 Å². The summed E-state index contributed by atoms with van der Waals surface area (Å²) in [4.78, 5) is 0. The number of hydrogen-bond acceptors (Lipinski definition) is 2. The summed E-state index contributed by atoms with van der Waals surface area (Å²) in [5.41, 5.74) is 1.91. The van der Waals surface area contributed by atoms with Crippen molar-refractivity contribution in [1.29, 1.82) is 0 Å². The molecule has 5 heteroatoms. The minimum absolute atomic E-state index is 0.549. The molecule has 16 heavy (non-hydrogen) atoms. The first kappa shape index (κ1) is 13.2. The Labute approximate surface area is 106 Å². The van der Waals surface area contributed by atoms with E-state index in [4.69, 9.17) is 28.6 Å². The molecule has 0 unspecified atom stereocenters. The van der Waals surface area contributed by atoms with Crippen LogP contribution in [0, 0.1) is 6.92 Å². The molecule has 88 valence electrons. The zero-order valence-corrected chi connectivity index (χ0v) is 10.9. The molecule has 1 aromatic rings. The summed E-state index contributed by atoms with van der Waals surface area (Å²) >= 11 is 11.2. The Bertz CT molecular complexity index is 351. The van der Waals surface area contributed by atoms with Crippen molar-refractivity contribution in [3.05, 3.63) is 28.8 Å². The van der Waals surface area contributed by atoms with Crippen molar-refractivity contribution in [1.82, 2.24) is 5.32 Å². The molecule has 0 fully saturated rings. The maximum Gasteiger partial charge on any atom is 0.170 e. The maximum absolute atomic E-state index is 6.06. The minimum Gasteiger partial charge on any atom is -0.383 e. The first-order valence-electron chi connectivity index (χ1n) is 4.94. The highest BCUT2D eigenvalue weighted by molar-refractivity contribution is 7.80. The minimum atomic E-state index is 0.549. The first-order valence-corrected chi connectivity index (χ1v) is 5.72. The number of thiocarbonyl (C=S) groups is 1. The lowest BCUT2D eigenvalue weighted by atomic mass is 10.2. The van der Waals surface area contributed by atoms with Crippen LogP contribution >= 0.6 is 23.8 Å². The van der Waals surface area contributed by atoms with Gasteiger partial charge < -0.3 is 15.4 Å². The van der Waals surface area contributed by atoms with E-state index in [1.165, 1.54) is 0 Å². The van der Waals surface area contributed by atoms with E-state index >= 15 is 0 Å². The van der Waals surface area contributed by atoms with Crippen molar-refractivity contribution in [2.45, 2.75) is 6.92 Å². The molecule has 0 aliphatic heterocycles. The molecule has 1 aromatic carbocycles. The number of anilines is 1. The average Bonchev–Trinajstić information content (AvgIpc) is 2.24. The van der Waals surface area contributed by atoms with E-state index in [2.05, 4.69) is 10.6 Å². The number of ether oxygens (including phenoxy) is 1. The van der Waals surface area contributed by atoms with Crippen LogP contribution in [0.25, 0.3) is 0 Å². The average molecular weight is 259 g/mol. The van der Waals surface area contributed by atoms with E-state index in [1.54, 1.807) is 7.11 Å². The van der Waals surface area contributed by atoms with Gasteiger partial charge >= 0.3 is 0 Å². The van der Waals surface area contributed by atoms with Crippen LogP contribution in [0.2, 0.25) is 5.02 Å². The molecule has 0 atom stereocenters. The standard InChI is InChI=1S/C11H15ClN2OS/c1-8-4-3-5-9(12)10(8)14-11(16)13-6-7-15-2/h3-5H,6-7H2,1-2H3,(H2,13,14,16). The van der Waals surface area contributed by atoms with Gasteiger partial charge in [-0.1, -0.05) is 23.7 Å². The van der Waals surface area contributed by atoms with Gasteiger partial charge in [-0.05, 0) is 30.8 Å². The predicted octanol–water partition coefficient (Wildman–Crippen LogP) is 2.58. The fraction of sp³-hybridized carbons (Fsp3) is 0.364. The lowest BCUT2D eigenvalue weighted by Crippen LogP contribution is -2.31. The highest BCUT2D eigenvalue weighted by Gasteiger charge is 2.04. The molecule has 0 bridgehead atoms. The van der Waals surface area contributed by atoms with Crippen LogP contribution in [0.5, 0.6) is 0 Å². The highest BCUT2D eigenvalue weighted by Crippen LogP contribution is 2.24. The summed E-state index contributed by atoms with van der Waals surface area (Å²) in [5.74, 6) is 0. The third kappa shape index (κ3) is 3.96. The summed E-state index contributed by atoms with van der Waals surface area (Å²) in [6.07, 6.45) is 0. The van der Waals surface area contributed by atoms with E-state index < -0.39 is 0 Å². The number of aryl methyl sites for hydroxylation is 1. The molecule has 0 saturated carbocycles. The Morgan fingerprint density at radius 2 is 2.25 bits per heavy atom. The summed E-state index contributed by atoms with van der Waals surface area (Å²) in [6, 6.07) is 5.71. The summed E-state index contributed by atoms with van der Waals surface area (Å²) < 4.78 is 4.91. The van der Waals surface area contributed by atoms with Crippen LogP contribution in [-0.2, 0) is 4.74 Å². The zero-order valence-electron chi connectivity index (χ0n) is 9.34. The molecule has 2 N–H and O–H groups in total. The predicted molar refractivity (Wildman–Crippen MR) is 72.3 cm³/mol. The number of nitrogens with one attached hydrogen (secondary N) is 2. The van der Waals surface area contributed by atoms with Crippen molar-refractivity contribution < 1.29 is 4.74 Å². The van der Waals surface area contributed by atoms with Crippen molar-refractivity contribution in [2.24, 2.45) is 0 Å². The van der Waals surface area contributed by atoms with Gasteiger partial charge in [0, 0.05) is 13.7 Å². The van der Waals surface area contributed by atoms with Crippen molar-refractivity contribution in [3.8, 4) is 0 Å². The molecule has 0 aliphatic rings. The molecular formula is C11H15ClN2OS. The lowest BCUT2D eigenvalue weighted by molar-refractivity contribution is 0.204. The SMILES string of the molecule is COCCNC(=S)Nc1c(C)cccc1Cl. The maximum atomic E-state index is 6.06. The lowest BCUT2D eigenvalue weighted by Gasteiger charge is -2.13. The van der Waals surface area contributed by atoms with E-state index in [0.29, 0.717) is 23.3 Å². The normalized spacial score (nSPS) is 9.94. The van der Waals surface area contributed by atoms with Crippen LogP contribution in [0.1, 0.15) is 5.56 Å². The first-order chi connectivity index (χ1) is 7.65. The summed E-state index contributed by atoms with van der Waals surface area (Å²) in [6.45, 7) is 3.27. The third-order valence-corrected chi connectivity index (χ3v) is 2.61. The molecule has 1 rings (SSSR count). The van der Waals surface area contributed by atoms with Crippen molar-refractivity contribution >= 4 is 34.6 Å². The summed E-state index contributed by atoms with van der Waals surface area (Å²) in [5, 5.41) is 7.31. The number of hydrogen-bond donors (Lipinski definition) is 2. The molecule has 0 saturated heterocycles. The molecule has 0 aromatic heterocycles. The monoisotopic (exact) mass is 258 g/mol. The molecule has 3 nitrogen and oxygen atoms in total. The van der Waals surface area contributed by atoms with Gasteiger partial charge in [0.2, 0.25) is 0 Å². The number of halogens is 1. The highest BCUT2D eigenvalue weighted by atomic mass is 35.5. The van der Waals surface area contributed by atoms with Gasteiger partial charge in [0.15, 0.2) is 5.11 Å². The van der Waals surface area contributed by atoms with Gasteiger partial charge in [-0.3, -0.25) is 0 Å². The van der Waals surface area contributed by atoms with Crippen LogP contribution < -0.4 is 10.6 Å². The van der Waals surface area contributed by atoms with Crippen LogP contribution in [0.15, 0.2) is 18.2 Å². The van der Waals surface area contributed by atoms with Gasteiger partial charge in [-0.15, -0.1) is 0 Å². The second kappa shape index (κ2) is 6.68. The zero-order chi connectivity index (χ0) is 12.0. The number of benzene rings is 1. The van der Waals surface area contributed by atoms with Crippen LogP contribution in [0.3, 0.4) is 0 Å². The van der Waals surface area contributed by atoms with E-state index in [1.807, 2.05) is 25.1 Å². The Balaban J connectivity index is 2.56. The van der Waals surface area contributed by atoms with Crippen LogP contribution in [0.4, 0.5) is 5.69 Å². The Kier molecular flexibility index (Phi) is 5.52. The Morgan fingerprint density at radius 3 is 2.88 bits per heavy atom. The molecule has 0 aliphatic carbocycles. The quantitative estimate of drug-likeness (QED) is 0.643. The second-order valence-corrected chi connectivity index (χ2v) is 4.12. The van der Waals surface area contributed by atoms with Gasteiger partial charge in [-0.2, -0.15) is 0 Å². The van der Waals surface area contributed by atoms with E-state index in [9.17, 15) is 0 Å². The van der Waals surface area contributed by atoms with Crippen LogP contribution in [-0.4, -0.2) is 25.4 Å². The Morgan fingerprint density at radius 1 is 1.50 bits per heavy atom. The van der Waals surface area contributed by atoms with E-state index in [0.717, 1.165) is 11.3 Å².